The molecular weight excluding hydrogens is 420 g/mol. The molecular formula is C31H58O3. The van der Waals surface area contributed by atoms with Crippen LogP contribution < -0.4 is 0 Å². The van der Waals surface area contributed by atoms with Crippen molar-refractivity contribution in [1.82, 2.24) is 0 Å². The van der Waals surface area contributed by atoms with E-state index >= 15 is 0 Å². The van der Waals surface area contributed by atoms with Gasteiger partial charge in [0.05, 0.1) is 13.2 Å². The van der Waals surface area contributed by atoms with Gasteiger partial charge in [-0.1, -0.05) is 129 Å². The molecule has 0 N–H and O–H groups in total. The number of allylic oxidation sites excluding steroid dienone is 4. The molecule has 0 aliphatic heterocycles. The monoisotopic (exact) mass is 478 g/mol. The predicted octanol–water partition coefficient (Wildman–Crippen LogP) is 10.7. The molecule has 3 nitrogen and oxygen atoms in total. The molecule has 0 fully saturated rings. The molecule has 0 aromatic carbocycles. The van der Waals surface area contributed by atoms with E-state index in [0.29, 0.717) is 13.2 Å². The van der Waals surface area contributed by atoms with E-state index in [4.69, 9.17) is 9.47 Å². The Hall–Kier alpha value is -1.25. The van der Waals surface area contributed by atoms with Gasteiger partial charge in [-0.2, -0.15) is 0 Å². The van der Waals surface area contributed by atoms with Crippen LogP contribution in [0.5, 0.6) is 0 Å². The Kier molecular flexibility index (Phi) is 27.0. The largest absolute Gasteiger partial charge is 0.508 e. The van der Waals surface area contributed by atoms with Crippen molar-refractivity contribution in [3.63, 3.8) is 0 Å². The predicted molar refractivity (Wildman–Crippen MR) is 148 cm³/mol. The van der Waals surface area contributed by atoms with E-state index in [1.54, 1.807) is 0 Å². The lowest BCUT2D eigenvalue weighted by atomic mass is 10.0. The van der Waals surface area contributed by atoms with Gasteiger partial charge in [-0.15, -0.1) is 0 Å². The van der Waals surface area contributed by atoms with E-state index in [1.807, 2.05) is 0 Å². The minimum Gasteiger partial charge on any atom is -0.434 e. The molecule has 0 unspecified atom stereocenters. The highest BCUT2D eigenvalue weighted by Crippen LogP contribution is 2.12. The fourth-order valence-electron chi connectivity index (χ4n) is 3.98. The maximum Gasteiger partial charge on any atom is 0.508 e. The summed E-state index contributed by atoms with van der Waals surface area (Å²) in [5, 5.41) is 0. The topological polar surface area (TPSA) is 35.5 Å². The van der Waals surface area contributed by atoms with Gasteiger partial charge in [-0.3, -0.25) is 0 Å². The molecule has 0 aliphatic carbocycles. The zero-order valence-corrected chi connectivity index (χ0v) is 23.2. The molecule has 0 aromatic heterocycles. The van der Waals surface area contributed by atoms with E-state index in [9.17, 15) is 4.79 Å². The minimum absolute atomic E-state index is 0.490. The summed E-state index contributed by atoms with van der Waals surface area (Å²) in [6.45, 7) is 7.82. The van der Waals surface area contributed by atoms with Crippen LogP contribution in [0.2, 0.25) is 0 Å². The standard InChI is InChI=1S/C31H58O3/c1-4-5-6-7-8-9-10-11-12-13-14-15-16-19-22-25-28-33-31(32)34-29-26-23-20-17-18-21-24-27-30(2)3/h8-9,11-12,30H,4-7,10,13-29H2,1-3H3/b9-8-,12-11-. The molecule has 0 rings (SSSR count). The van der Waals surface area contributed by atoms with Crippen molar-refractivity contribution in [2.45, 2.75) is 149 Å². The number of rotatable bonds is 25. The highest BCUT2D eigenvalue weighted by atomic mass is 16.7. The zero-order chi connectivity index (χ0) is 25.0. The van der Waals surface area contributed by atoms with Gasteiger partial charge in [0.25, 0.3) is 0 Å². The maximum atomic E-state index is 11.6. The van der Waals surface area contributed by atoms with Crippen molar-refractivity contribution in [3.05, 3.63) is 24.3 Å². The number of unbranched alkanes of at least 4 members (excludes halogenated alkanes) is 15. The fourth-order valence-corrected chi connectivity index (χ4v) is 3.98. The quantitative estimate of drug-likeness (QED) is 0.0743. The van der Waals surface area contributed by atoms with Gasteiger partial charge in [0.2, 0.25) is 0 Å². The fraction of sp³-hybridized carbons (Fsp3) is 0.839. The van der Waals surface area contributed by atoms with Crippen molar-refractivity contribution in [2.24, 2.45) is 5.92 Å². The van der Waals surface area contributed by atoms with Crippen LogP contribution in [0.4, 0.5) is 4.79 Å². The Morgan fingerprint density at radius 1 is 0.588 bits per heavy atom. The van der Waals surface area contributed by atoms with Gasteiger partial charge in [-0.25, -0.2) is 4.79 Å². The van der Waals surface area contributed by atoms with Gasteiger partial charge in [0.1, 0.15) is 0 Å². The Balaban J connectivity index is 3.24. The van der Waals surface area contributed by atoms with Crippen molar-refractivity contribution in [3.8, 4) is 0 Å². The van der Waals surface area contributed by atoms with Crippen LogP contribution in [-0.2, 0) is 9.47 Å². The Morgan fingerprint density at radius 3 is 1.53 bits per heavy atom. The van der Waals surface area contributed by atoms with Crippen LogP contribution in [0.3, 0.4) is 0 Å². The average Bonchev–Trinajstić information content (AvgIpc) is 2.82. The van der Waals surface area contributed by atoms with E-state index in [0.717, 1.165) is 38.0 Å². The number of ether oxygens (including phenoxy) is 2. The lowest BCUT2D eigenvalue weighted by Gasteiger charge is -2.07. The van der Waals surface area contributed by atoms with Crippen LogP contribution in [0.1, 0.15) is 149 Å². The summed E-state index contributed by atoms with van der Waals surface area (Å²) in [6, 6.07) is 0. The average molecular weight is 479 g/mol. The summed E-state index contributed by atoms with van der Waals surface area (Å²) in [5.41, 5.74) is 0. The molecule has 200 valence electrons. The lowest BCUT2D eigenvalue weighted by Crippen LogP contribution is -2.09. The number of carbonyl (C=O) groups is 1. The lowest BCUT2D eigenvalue weighted by molar-refractivity contribution is 0.0529. The van der Waals surface area contributed by atoms with E-state index in [1.165, 1.54) is 96.3 Å². The van der Waals surface area contributed by atoms with Crippen LogP contribution in [0, 0.1) is 5.92 Å². The molecule has 0 saturated heterocycles. The van der Waals surface area contributed by atoms with Crippen LogP contribution in [0.25, 0.3) is 0 Å². The molecule has 0 spiro atoms. The molecule has 0 saturated carbocycles. The minimum atomic E-state index is -0.490. The maximum absolute atomic E-state index is 11.6. The number of carbonyl (C=O) groups excluding carboxylic acids is 1. The third-order valence-corrected chi connectivity index (χ3v) is 6.21. The second-order valence-electron chi connectivity index (χ2n) is 10.2. The van der Waals surface area contributed by atoms with Crippen LogP contribution in [0.15, 0.2) is 24.3 Å². The highest BCUT2D eigenvalue weighted by Gasteiger charge is 2.03. The van der Waals surface area contributed by atoms with Crippen molar-refractivity contribution in [1.29, 1.82) is 0 Å². The van der Waals surface area contributed by atoms with Crippen LogP contribution >= 0.6 is 0 Å². The molecule has 0 heterocycles. The second kappa shape index (κ2) is 28.0. The summed E-state index contributed by atoms with van der Waals surface area (Å²) in [7, 11) is 0. The van der Waals surface area contributed by atoms with Gasteiger partial charge in [0, 0.05) is 0 Å². The molecule has 0 radical (unpaired) electrons. The number of hydrogen-bond donors (Lipinski definition) is 0. The third kappa shape index (κ3) is 28.8. The summed E-state index contributed by atoms with van der Waals surface area (Å²) < 4.78 is 10.3. The first-order valence-electron chi connectivity index (χ1n) is 14.8. The molecule has 3 heteroatoms. The first-order chi connectivity index (χ1) is 16.7. The normalized spacial score (nSPS) is 11.8. The summed E-state index contributed by atoms with van der Waals surface area (Å²) in [4.78, 5) is 11.6. The molecule has 0 bridgehead atoms. The zero-order valence-electron chi connectivity index (χ0n) is 23.2. The first-order valence-corrected chi connectivity index (χ1v) is 14.8. The Labute approximate surface area is 213 Å². The molecule has 0 aromatic rings. The van der Waals surface area contributed by atoms with Gasteiger partial charge in [-0.05, 0) is 50.9 Å². The Bertz CT molecular complexity index is 467. The van der Waals surface area contributed by atoms with Crippen molar-refractivity contribution < 1.29 is 14.3 Å². The van der Waals surface area contributed by atoms with E-state index < -0.39 is 6.16 Å². The third-order valence-electron chi connectivity index (χ3n) is 6.21. The van der Waals surface area contributed by atoms with Gasteiger partial charge in [0.15, 0.2) is 0 Å². The number of hydrogen-bond acceptors (Lipinski definition) is 3. The second-order valence-corrected chi connectivity index (χ2v) is 10.2. The summed E-state index contributed by atoms with van der Waals surface area (Å²) in [5.74, 6) is 0.831. The molecule has 0 amide bonds. The van der Waals surface area contributed by atoms with Crippen molar-refractivity contribution >= 4 is 6.16 Å². The van der Waals surface area contributed by atoms with E-state index in [-0.39, 0.29) is 0 Å². The van der Waals surface area contributed by atoms with Crippen LogP contribution in [-0.4, -0.2) is 19.4 Å². The SMILES string of the molecule is CCCCC/C=C\C/C=C\CCCCCCCCOC(=O)OCCCCCCCCCC(C)C. The smallest absolute Gasteiger partial charge is 0.434 e. The highest BCUT2D eigenvalue weighted by molar-refractivity contribution is 5.59. The van der Waals surface area contributed by atoms with Crippen molar-refractivity contribution in [2.75, 3.05) is 13.2 Å². The molecule has 0 atom stereocenters. The van der Waals surface area contributed by atoms with Gasteiger partial charge >= 0.3 is 6.16 Å². The summed E-state index contributed by atoms with van der Waals surface area (Å²) in [6.07, 6.45) is 33.4. The van der Waals surface area contributed by atoms with E-state index in [2.05, 4.69) is 45.1 Å². The van der Waals surface area contributed by atoms with Gasteiger partial charge < -0.3 is 9.47 Å². The molecule has 34 heavy (non-hydrogen) atoms. The Morgan fingerprint density at radius 2 is 1.03 bits per heavy atom. The molecule has 0 aliphatic rings. The first kappa shape index (κ1) is 32.8. The summed E-state index contributed by atoms with van der Waals surface area (Å²) >= 11 is 0.